The molecule has 1 fully saturated rings. The number of nitrogens with one attached hydrogen (secondary N) is 1. The van der Waals surface area contributed by atoms with Crippen LogP contribution in [0.3, 0.4) is 0 Å². The largest absolute Gasteiger partial charge is 0.479 e. The molecule has 0 aromatic rings. The fraction of sp³-hybridized carbons (Fsp3) is 0.636. The van der Waals surface area contributed by atoms with E-state index >= 15 is 0 Å². The fourth-order valence-electron chi connectivity index (χ4n) is 1.44. The topological polar surface area (TPSA) is 75.6 Å². The Balaban J connectivity index is 2.53. The maximum absolute atomic E-state index is 11.7. The zero-order valence-corrected chi connectivity index (χ0v) is 9.32. The van der Waals surface area contributed by atoms with E-state index in [0.29, 0.717) is 12.8 Å². The number of amides is 1. The fourth-order valence-corrected chi connectivity index (χ4v) is 1.44. The van der Waals surface area contributed by atoms with Gasteiger partial charge in [-0.15, -0.1) is 6.42 Å². The second-order valence-electron chi connectivity index (χ2n) is 4.29. The SMILES string of the molecule is C#CC(C)(C)NC(=O)[C@@H]1CC[C@H](C(=O)O)O1. The summed E-state index contributed by atoms with van der Waals surface area (Å²) in [6, 6.07) is 0. The Morgan fingerprint density at radius 3 is 2.44 bits per heavy atom. The average molecular weight is 225 g/mol. The highest BCUT2D eigenvalue weighted by atomic mass is 16.5. The lowest BCUT2D eigenvalue weighted by atomic mass is 10.1. The van der Waals surface area contributed by atoms with Crippen LogP contribution in [0.4, 0.5) is 0 Å². The molecule has 2 N–H and O–H groups in total. The Morgan fingerprint density at radius 2 is 2.00 bits per heavy atom. The number of hydrogen-bond acceptors (Lipinski definition) is 3. The Hall–Kier alpha value is -1.54. The predicted octanol–water partition coefficient (Wildman–Crippen LogP) is 0.147. The third kappa shape index (κ3) is 2.97. The number of hydrogen-bond donors (Lipinski definition) is 2. The molecule has 1 amide bonds. The lowest BCUT2D eigenvalue weighted by molar-refractivity contribution is -0.152. The first-order chi connectivity index (χ1) is 7.35. The van der Waals surface area contributed by atoms with Gasteiger partial charge in [-0.1, -0.05) is 5.92 Å². The second-order valence-corrected chi connectivity index (χ2v) is 4.29. The van der Waals surface area contributed by atoms with Crippen LogP contribution in [0.15, 0.2) is 0 Å². The van der Waals surface area contributed by atoms with Gasteiger partial charge in [-0.05, 0) is 26.7 Å². The van der Waals surface area contributed by atoms with E-state index in [1.54, 1.807) is 13.8 Å². The lowest BCUT2D eigenvalue weighted by Crippen LogP contribution is -2.47. The van der Waals surface area contributed by atoms with Crippen molar-refractivity contribution in [3.63, 3.8) is 0 Å². The van der Waals surface area contributed by atoms with Crippen molar-refractivity contribution in [2.24, 2.45) is 0 Å². The molecule has 5 heteroatoms. The van der Waals surface area contributed by atoms with Crippen molar-refractivity contribution in [3.8, 4) is 12.3 Å². The molecule has 1 aliphatic heterocycles. The van der Waals surface area contributed by atoms with Crippen LogP contribution in [0.25, 0.3) is 0 Å². The second kappa shape index (κ2) is 4.54. The van der Waals surface area contributed by atoms with Gasteiger partial charge in [-0.2, -0.15) is 0 Å². The normalized spacial score (nSPS) is 24.8. The van der Waals surface area contributed by atoms with Crippen LogP contribution >= 0.6 is 0 Å². The highest BCUT2D eigenvalue weighted by Gasteiger charge is 2.36. The van der Waals surface area contributed by atoms with E-state index in [0.717, 1.165) is 0 Å². The zero-order valence-electron chi connectivity index (χ0n) is 9.32. The molecule has 0 aromatic heterocycles. The molecule has 0 bridgehead atoms. The average Bonchev–Trinajstić information content (AvgIpc) is 2.66. The first kappa shape index (κ1) is 12.5. The van der Waals surface area contributed by atoms with Gasteiger partial charge in [0.1, 0.15) is 6.10 Å². The van der Waals surface area contributed by atoms with Gasteiger partial charge < -0.3 is 15.2 Å². The molecule has 0 spiro atoms. The molecule has 1 saturated heterocycles. The maximum Gasteiger partial charge on any atom is 0.332 e. The Bertz CT molecular complexity index is 342. The maximum atomic E-state index is 11.7. The quantitative estimate of drug-likeness (QED) is 0.670. The summed E-state index contributed by atoms with van der Waals surface area (Å²) in [5, 5.41) is 11.3. The van der Waals surface area contributed by atoms with Crippen LogP contribution in [0.1, 0.15) is 26.7 Å². The van der Waals surface area contributed by atoms with Crippen molar-refractivity contribution < 1.29 is 19.4 Å². The summed E-state index contributed by atoms with van der Waals surface area (Å²) in [6.07, 6.45) is 4.39. The van der Waals surface area contributed by atoms with E-state index in [1.165, 1.54) is 0 Å². The van der Waals surface area contributed by atoms with Crippen LogP contribution in [0.5, 0.6) is 0 Å². The van der Waals surface area contributed by atoms with Crippen molar-refractivity contribution in [2.45, 2.75) is 44.4 Å². The van der Waals surface area contributed by atoms with E-state index in [-0.39, 0.29) is 5.91 Å². The number of ether oxygens (including phenoxy) is 1. The van der Waals surface area contributed by atoms with Crippen molar-refractivity contribution in [1.82, 2.24) is 5.32 Å². The monoisotopic (exact) mass is 225 g/mol. The highest BCUT2D eigenvalue weighted by molar-refractivity contribution is 5.83. The van der Waals surface area contributed by atoms with Gasteiger partial charge in [0, 0.05) is 0 Å². The Kier molecular flexibility index (Phi) is 3.55. The molecule has 0 unspecified atom stereocenters. The summed E-state index contributed by atoms with van der Waals surface area (Å²) in [5.74, 6) is 1.04. The van der Waals surface area contributed by atoms with Crippen LogP contribution in [0.2, 0.25) is 0 Å². The molecule has 2 atom stereocenters. The van der Waals surface area contributed by atoms with E-state index in [9.17, 15) is 9.59 Å². The zero-order chi connectivity index (χ0) is 12.3. The van der Waals surface area contributed by atoms with Gasteiger partial charge in [0.15, 0.2) is 6.10 Å². The molecule has 0 aromatic carbocycles. The van der Waals surface area contributed by atoms with Gasteiger partial charge in [0.25, 0.3) is 0 Å². The molecular formula is C11H15NO4. The smallest absolute Gasteiger partial charge is 0.332 e. The summed E-state index contributed by atoms with van der Waals surface area (Å²) in [7, 11) is 0. The third-order valence-corrected chi connectivity index (χ3v) is 2.38. The molecule has 16 heavy (non-hydrogen) atoms. The molecule has 0 saturated carbocycles. The first-order valence-electron chi connectivity index (χ1n) is 5.04. The standard InChI is InChI=1S/C11H15NO4/c1-4-11(2,3)12-9(13)7-5-6-8(16-7)10(14)15/h1,7-8H,5-6H2,2-3H3,(H,12,13)(H,14,15)/t7-,8+/m0/s1. The minimum atomic E-state index is -1.04. The van der Waals surface area contributed by atoms with Crippen molar-refractivity contribution in [2.75, 3.05) is 0 Å². The van der Waals surface area contributed by atoms with Crippen LogP contribution in [-0.2, 0) is 14.3 Å². The highest BCUT2D eigenvalue weighted by Crippen LogP contribution is 2.20. The van der Waals surface area contributed by atoms with E-state index in [1.807, 2.05) is 0 Å². The van der Waals surface area contributed by atoms with Gasteiger partial charge in [-0.25, -0.2) is 4.79 Å². The minimum absolute atomic E-state index is 0.351. The molecule has 5 nitrogen and oxygen atoms in total. The molecule has 0 radical (unpaired) electrons. The minimum Gasteiger partial charge on any atom is -0.479 e. The van der Waals surface area contributed by atoms with Gasteiger partial charge in [-0.3, -0.25) is 4.79 Å². The first-order valence-corrected chi connectivity index (χ1v) is 5.04. The lowest BCUT2D eigenvalue weighted by Gasteiger charge is -2.21. The summed E-state index contributed by atoms with van der Waals surface area (Å²) in [6.45, 7) is 3.38. The van der Waals surface area contributed by atoms with Crippen LogP contribution in [0, 0.1) is 12.3 Å². The number of carbonyl (C=O) groups excluding carboxylic acids is 1. The number of aliphatic carboxylic acids is 1. The summed E-state index contributed by atoms with van der Waals surface area (Å²) >= 11 is 0. The Labute approximate surface area is 94.2 Å². The number of terminal acetylenes is 1. The van der Waals surface area contributed by atoms with Gasteiger partial charge in [0.05, 0.1) is 5.54 Å². The van der Waals surface area contributed by atoms with Gasteiger partial charge in [0.2, 0.25) is 5.91 Å². The molecule has 1 heterocycles. The summed E-state index contributed by atoms with van der Waals surface area (Å²) in [4.78, 5) is 22.3. The molecule has 1 rings (SSSR count). The summed E-state index contributed by atoms with van der Waals surface area (Å²) in [5.41, 5.74) is -0.748. The molecule has 88 valence electrons. The van der Waals surface area contributed by atoms with Crippen LogP contribution in [-0.4, -0.2) is 34.7 Å². The van der Waals surface area contributed by atoms with Crippen molar-refractivity contribution in [3.05, 3.63) is 0 Å². The van der Waals surface area contributed by atoms with E-state index in [2.05, 4.69) is 11.2 Å². The number of carbonyl (C=O) groups is 2. The van der Waals surface area contributed by atoms with Crippen LogP contribution < -0.4 is 5.32 Å². The molecule has 1 aliphatic rings. The van der Waals surface area contributed by atoms with Crippen molar-refractivity contribution in [1.29, 1.82) is 0 Å². The van der Waals surface area contributed by atoms with Crippen molar-refractivity contribution >= 4 is 11.9 Å². The van der Waals surface area contributed by atoms with E-state index in [4.69, 9.17) is 16.3 Å². The summed E-state index contributed by atoms with van der Waals surface area (Å²) < 4.78 is 5.09. The number of rotatable bonds is 3. The van der Waals surface area contributed by atoms with Gasteiger partial charge >= 0.3 is 5.97 Å². The number of carboxylic acid groups (broad SMARTS) is 1. The third-order valence-electron chi connectivity index (χ3n) is 2.38. The molecule has 0 aliphatic carbocycles. The molecular weight excluding hydrogens is 210 g/mol. The van der Waals surface area contributed by atoms with E-state index < -0.39 is 23.7 Å². The Morgan fingerprint density at radius 1 is 1.44 bits per heavy atom. The predicted molar refractivity (Wildman–Crippen MR) is 56.6 cm³/mol. The number of carboxylic acids is 1.